The van der Waals surface area contributed by atoms with Crippen molar-refractivity contribution < 1.29 is 62.0 Å². The fourth-order valence-corrected chi connectivity index (χ4v) is 2.59. The molecule has 2 N–H and O–H groups in total. The van der Waals surface area contributed by atoms with E-state index in [1.807, 2.05) is 6.08 Å². The maximum Gasteiger partial charge on any atom is 1.00 e. The van der Waals surface area contributed by atoms with E-state index in [0.29, 0.717) is 6.42 Å². The first-order valence-electron chi connectivity index (χ1n) is 7.74. The minimum absolute atomic E-state index is 0. The number of aliphatic carboxylic acids is 1. The van der Waals surface area contributed by atoms with Crippen LogP contribution in [0.5, 0.6) is 0 Å². The summed E-state index contributed by atoms with van der Waals surface area (Å²) >= 11 is 0. The second kappa shape index (κ2) is 14.9. The predicted octanol–water partition coefficient (Wildman–Crippen LogP) is -0.428. The topological polar surface area (TPSA) is 118 Å². The molecular formula is C15H26NaO7S+. The molecule has 0 aliphatic heterocycles. The molecule has 0 aliphatic rings. The molecule has 0 radical (unpaired) electrons. The van der Waals surface area contributed by atoms with Crippen molar-refractivity contribution in [2.24, 2.45) is 0 Å². The molecule has 134 valence electrons. The number of carboxylic acid groups (broad SMARTS) is 1. The SMILES string of the molecule is C=CCCCCCCCCCOC(=O)CC(C(=O)O)S(=O)(=O)O.[Na+]. The first-order valence-corrected chi connectivity index (χ1v) is 9.25. The van der Waals surface area contributed by atoms with Gasteiger partial charge >= 0.3 is 41.5 Å². The molecule has 0 rings (SSSR count). The van der Waals surface area contributed by atoms with Crippen LogP contribution in [-0.4, -0.2) is 41.9 Å². The number of unbranched alkanes of at least 4 members (excludes halogenated alkanes) is 7. The van der Waals surface area contributed by atoms with Gasteiger partial charge in [0.2, 0.25) is 0 Å². The summed E-state index contributed by atoms with van der Waals surface area (Å²) < 4.78 is 35.1. The average molecular weight is 373 g/mol. The molecule has 1 atom stereocenters. The molecule has 0 fully saturated rings. The maximum atomic E-state index is 11.4. The van der Waals surface area contributed by atoms with Gasteiger partial charge in [-0.05, 0) is 19.3 Å². The second-order valence-electron chi connectivity index (χ2n) is 5.32. The molecule has 24 heavy (non-hydrogen) atoms. The minimum atomic E-state index is -4.82. The number of esters is 1. The quantitative estimate of drug-likeness (QED) is 0.139. The van der Waals surface area contributed by atoms with E-state index in [9.17, 15) is 18.0 Å². The van der Waals surface area contributed by atoms with Crippen molar-refractivity contribution in [3.63, 3.8) is 0 Å². The Balaban J connectivity index is 0. The Morgan fingerprint density at radius 2 is 1.54 bits per heavy atom. The molecule has 0 saturated heterocycles. The van der Waals surface area contributed by atoms with Crippen LogP contribution in [0.2, 0.25) is 0 Å². The third kappa shape index (κ3) is 14.0. The summed E-state index contributed by atoms with van der Waals surface area (Å²) in [6.45, 7) is 3.78. The van der Waals surface area contributed by atoms with Gasteiger partial charge < -0.3 is 9.84 Å². The van der Waals surface area contributed by atoms with Gasteiger partial charge in [0, 0.05) is 0 Å². The molecule has 0 saturated carbocycles. The fourth-order valence-electron chi connectivity index (χ4n) is 1.99. The number of rotatable bonds is 14. The Morgan fingerprint density at radius 1 is 1.04 bits per heavy atom. The van der Waals surface area contributed by atoms with E-state index in [-0.39, 0.29) is 36.2 Å². The smallest absolute Gasteiger partial charge is 0.480 e. The van der Waals surface area contributed by atoms with Crippen LogP contribution in [-0.2, 0) is 24.4 Å². The summed E-state index contributed by atoms with van der Waals surface area (Å²) in [6.07, 6.45) is 9.19. The van der Waals surface area contributed by atoms with Crippen LogP contribution in [0.4, 0.5) is 0 Å². The Hall–Kier alpha value is -0.410. The zero-order chi connectivity index (χ0) is 17.7. The third-order valence-corrected chi connectivity index (χ3v) is 4.39. The van der Waals surface area contributed by atoms with Gasteiger partial charge in [-0.25, -0.2) is 0 Å². The Labute approximate surface area is 165 Å². The third-order valence-electron chi connectivity index (χ3n) is 3.30. The number of hydrogen-bond acceptors (Lipinski definition) is 5. The second-order valence-corrected chi connectivity index (χ2v) is 6.92. The van der Waals surface area contributed by atoms with Gasteiger partial charge in [0.25, 0.3) is 10.1 Å². The summed E-state index contributed by atoms with van der Waals surface area (Å²) in [5, 5.41) is 6.48. The molecule has 0 bridgehead atoms. The molecule has 9 heteroatoms. The van der Waals surface area contributed by atoms with Gasteiger partial charge in [-0.3, -0.25) is 14.1 Å². The van der Waals surface area contributed by atoms with Gasteiger partial charge in [-0.1, -0.05) is 38.2 Å². The fraction of sp³-hybridized carbons (Fsp3) is 0.733. The maximum absolute atomic E-state index is 11.4. The van der Waals surface area contributed by atoms with E-state index in [1.165, 1.54) is 6.42 Å². The Morgan fingerprint density at radius 3 is 2.00 bits per heavy atom. The number of hydrogen-bond donors (Lipinski definition) is 2. The minimum Gasteiger partial charge on any atom is -0.480 e. The van der Waals surface area contributed by atoms with Crippen LogP contribution in [0.3, 0.4) is 0 Å². The van der Waals surface area contributed by atoms with Crippen LogP contribution < -0.4 is 29.6 Å². The Kier molecular flexibility index (Phi) is 16.0. The first-order chi connectivity index (χ1) is 10.8. The summed E-state index contributed by atoms with van der Waals surface area (Å²) in [4.78, 5) is 22.0. The molecule has 0 heterocycles. The van der Waals surface area contributed by atoms with E-state index in [0.717, 1.165) is 38.5 Å². The van der Waals surface area contributed by atoms with E-state index < -0.39 is 33.7 Å². The Bertz CT molecular complexity index is 476. The van der Waals surface area contributed by atoms with E-state index in [1.54, 1.807) is 0 Å². The molecule has 0 aromatic carbocycles. The number of carboxylic acids is 1. The normalized spacial score (nSPS) is 12.0. The van der Waals surface area contributed by atoms with Crippen molar-refractivity contribution in [1.82, 2.24) is 0 Å². The number of ether oxygens (including phenoxy) is 1. The average Bonchev–Trinajstić information content (AvgIpc) is 2.45. The van der Waals surface area contributed by atoms with Crippen LogP contribution >= 0.6 is 0 Å². The van der Waals surface area contributed by atoms with E-state index in [4.69, 9.17) is 14.4 Å². The standard InChI is InChI=1S/C15H26O7S.Na/c1-2-3-4-5-6-7-8-9-10-11-22-14(16)12-13(15(17)18)23(19,20)21;/h2,13H,1,3-12H2,(H,17,18)(H,19,20,21);/q;+1. The van der Waals surface area contributed by atoms with Gasteiger partial charge in [-0.15, -0.1) is 6.58 Å². The summed E-state index contributed by atoms with van der Waals surface area (Å²) in [6, 6.07) is 0. The molecule has 7 nitrogen and oxygen atoms in total. The van der Waals surface area contributed by atoms with Crippen molar-refractivity contribution >= 4 is 22.1 Å². The molecule has 1 unspecified atom stereocenters. The van der Waals surface area contributed by atoms with Crippen molar-refractivity contribution in [2.45, 2.75) is 63.0 Å². The van der Waals surface area contributed by atoms with Crippen LogP contribution in [0.25, 0.3) is 0 Å². The van der Waals surface area contributed by atoms with Crippen molar-refractivity contribution in [3.8, 4) is 0 Å². The number of carbonyl (C=O) groups is 2. The van der Waals surface area contributed by atoms with Crippen molar-refractivity contribution in [3.05, 3.63) is 12.7 Å². The van der Waals surface area contributed by atoms with Crippen LogP contribution in [0.1, 0.15) is 57.8 Å². The van der Waals surface area contributed by atoms with E-state index >= 15 is 0 Å². The zero-order valence-electron chi connectivity index (χ0n) is 14.3. The zero-order valence-corrected chi connectivity index (χ0v) is 17.1. The van der Waals surface area contributed by atoms with Gasteiger partial charge in [0.15, 0.2) is 5.25 Å². The van der Waals surface area contributed by atoms with Crippen molar-refractivity contribution in [2.75, 3.05) is 6.61 Å². The number of allylic oxidation sites excluding steroid dienone is 1. The van der Waals surface area contributed by atoms with Gasteiger partial charge in [0.05, 0.1) is 13.0 Å². The summed E-state index contributed by atoms with van der Waals surface area (Å²) in [5.74, 6) is -2.72. The van der Waals surface area contributed by atoms with Gasteiger partial charge in [-0.2, -0.15) is 8.42 Å². The molecule has 0 aromatic rings. The van der Waals surface area contributed by atoms with Gasteiger partial charge in [0.1, 0.15) is 0 Å². The summed E-state index contributed by atoms with van der Waals surface area (Å²) in [7, 11) is -4.82. The molecular weight excluding hydrogens is 347 g/mol. The van der Waals surface area contributed by atoms with Crippen LogP contribution in [0.15, 0.2) is 12.7 Å². The largest absolute Gasteiger partial charge is 1.00 e. The molecule has 0 aromatic heterocycles. The molecule has 0 spiro atoms. The molecule has 0 amide bonds. The predicted molar refractivity (Wildman–Crippen MR) is 85.7 cm³/mol. The van der Waals surface area contributed by atoms with Crippen molar-refractivity contribution in [1.29, 1.82) is 0 Å². The first kappa shape index (κ1) is 25.8. The van der Waals surface area contributed by atoms with E-state index in [2.05, 4.69) is 6.58 Å². The number of carbonyl (C=O) groups excluding carboxylic acids is 1. The van der Waals surface area contributed by atoms with Crippen LogP contribution in [0, 0.1) is 0 Å². The monoisotopic (exact) mass is 373 g/mol. The summed E-state index contributed by atoms with van der Waals surface area (Å²) in [5.41, 5.74) is 0. The molecule has 0 aliphatic carbocycles.